The van der Waals surface area contributed by atoms with Crippen molar-refractivity contribution in [1.82, 2.24) is 20.3 Å². The summed E-state index contributed by atoms with van der Waals surface area (Å²) in [7, 11) is 1.54. The van der Waals surface area contributed by atoms with E-state index in [2.05, 4.69) is 15.5 Å². The van der Waals surface area contributed by atoms with Crippen LogP contribution in [0.3, 0.4) is 0 Å². The number of methoxy groups -OCH3 is 1. The molecule has 0 saturated heterocycles. The summed E-state index contributed by atoms with van der Waals surface area (Å²) < 4.78 is 9.99. The van der Waals surface area contributed by atoms with E-state index in [1.807, 2.05) is 30.3 Å². The van der Waals surface area contributed by atoms with Gasteiger partial charge in [-0.3, -0.25) is 4.79 Å². The van der Waals surface area contributed by atoms with Crippen LogP contribution in [0, 0.1) is 6.92 Å². The van der Waals surface area contributed by atoms with Crippen molar-refractivity contribution in [2.24, 2.45) is 0 Å². The van der Waals surface area contributed by atoms with Crippen molar-refractivity contribution in [2.45, 2.75) is 20.0 Å². The summed E-state index contributed by atoms with van der Waals surface area (Å²) in [4.78, 5) is 25.4. The van der Waals surface area contributed by atoms with Crippen molar-refractivity contribution >= 4 is 11.9 Å². The van der Waals surface area contributed by atoms with Gasteiger partial charge in [-0.25, -0.2) is 4.79 Å². The van der Waals surface area contributed by atoms with Gasteiger partial charge in [0.05, 0.1) is 18.0 Å². The molecule has 1 amide bonds. The lowest BCUT2D eigenvalue weighted by atomic mass is 10.3. The first-order valence-electron chi connectivity index (χ1n) is 7.50. The van der Waals surface area contributed by atoms with Crippen LogP contribution in [-0.4, -0.2) is 53.2 Å². The van der Waals surface area contributed by atoms with E-state index < -0.39 is 18.0 Å². The molecule has 0 aliphatic carbocycles. The second-order valence-electron chi connectivity index (χ2n) is 5.09. The smallest absolute Gasteiger partial charge is 0.361 e. The van der Waals surface area contributed by atoms with Gasteiger partial charge in [0, 0.05) is 13.7 Å². The summed E-state index contributed by atoms with van der Waals surface area (Å²) in [5.41, 5.74) is 1.23. The molecule has 0 saturated carbocycles. The number of nitrogens with zero attached hydrogens (tertiary/aromatic N) is 3. The summed E-state index contributed by atoms with van der Waals surface area (Å²) in [5, 5.41) is 11.0. The summed E-state index contributed by atoms with van der Waals surface area (Å²) in [5.74, 6) is -1.09. The maximum Gasteiger partial charge on any atom is 0.361 e. The number of nitrogens with one attached hydrogen (secondary N) is 1. The standard InChI is InChI=1S/C16H20N4O4/c1-11-14(19-20(18-11)13-7-5-4-6-8-13)16(22)24-12(2)15(21)17-9-10-23-3/h4-8,12H,9-10H2,1-3H3,(H,17,21)/t12-/m1/s1. The first kappa shape index (κ1) is 17.6. The van der Waals surface area contributed by atoms with E-state index in [9.17, 15) is 9.59 Å². The zero-order valence-electron chi connectivity index (χ0n) is 13.9. The molecule has 1 aromatic heterocycles. The number of hydrogen-bond acceptors (Lipinski definition) is 6. The average molecular weight is 332 g/mol. The minimum Gasteiger partial charge on any atom is -0.448 e. The zero-order chi connectivity index (χ0) is 17.5. The molecule has 0 fully saturated rings. The minimum atomic E-state index is -0.935. The highest BCUT2D eigenvalue weighted by Gasteiger charge is 2.23. The third-order valence-corrected chi connectivity index (χ3v) is 3.22. The number of esters is 1. The molecular formula is C16H20N4O4. The van der Waals surface area contributed by atoms with Gasteiger partial charge in [0.25, 0.3) is 5.91 Å². The van der Waals surface area contributed by atoms with E-state index in [-0.39, 0.29) is 5.69 Å². The Morgan fingerprint density at radius 1 is 1.25 bits per heavy atom. The molecule has 2 rings (SSSR count). The number of aryl methyl sites for hydroxylation is 1. The molecule has 8 nitrogen and oxygen atoms in total. The van der Waals surface area contributed by atoms with Gasteiger partial charge in [-0.2, -0.15) is 9.90 Å². The number of carbonyl (C=O) groups is 2. The SMILES string of the molecule is COCCNC(=O)[C@@H](C)OC(=O)c1nn(-c2ccccc2)nc1C. The van der Waals surface area contributed by atoms with Crippen LogP contribution < -0.4 is 5.32 Å². The molecule has 2 aromatic rings. The highest BCUT2D eigenvalue weighted by Crippen LogP contribution is 2.10. The fraction of sp³-hybridized carbons (Fsp3) is 0.375. The highest BCUT2D eigenvalue weighted by atomic mass is 16.5. The number of hydrogen-bond donors (Lipinski definition) is 1. The predicted molar refractivity (Wildman–Crippen MR) is 85.9 cm³/mol. The Balaban J connectivity index is 2.02. The molecule has 1 heterocycles. The van der Waals surface area contributed by atoms with Gasteiger partial charge < -0.3 is 14.8 Å². The Bertz CT molecular complexity index is 699. The van der Waals surface area contributed by atoms with Gasteiger partial charge in [0.1, 0.15) is 0 Å². The second-order valence-corrected chi connectivity index (χ2v) is 5.09. The van der Waals surface area contributed by atoms with E-state index >= 15 is 0 Å². The van der Waals surface area contributed by atoms with Gasteiger partial charge in [0.15, 0.2) is 11.8 Å². The van der Waals surface area contributed by atoms with Crippen LogP contribution in [0.2, 0.25) is 0 Å². The van der Waals surface area contributed by atoms with Gasteiger partial charge in [-0.1, -0.05) is 18.2 Å². The molecule has 1 N–H and O–H groups in total. The molecular weight excluding hydrogens is 312 g/mol. The normalized spacial score (nSPS) is 11.8. The quantitative estimate of drug-likeness (QED) is 0.597. The topological polar surface area (TPSA) is 95.3 Å². The molecule has 0 unspecified atom stereocenters. The second kappa shape index (κ2) is 8.21. The number of benzene rings is 1. The van der Waals surface area contributed by atoms with E-state index in [4.69, 9.17) is 9.47 Å². The maximum absolute atomic E-state index is 12.2. The van der Waals surface area contributed by atoms with Gasteiger partial charge in [0.2, 0.25) is 0 Å². The number of carbonyl (C=O) groups excluding carboxylic acids is 2. The van der Waals surface area contributed by atoms with Crippen LogP contribution in [0.5, 0.6) is 0 Å². The van der Waals surface area contributed by atoms with Crippen molar-refractivity contribution in [3.05, 3.63) is 41.7 Å². The first-order valence-corrected chi connectivity index (χ1v) is 7.50. The highest BCUT2D eigenvalue weighted by molar-refractivity contribution is 5.91. The lowest BCUT2D eigenvalue weighted by molar-refractivity contribution is -0.129. The Hall–Kier alpha value is -2.74. The Labute approximate surface area is 139 Å². The van der Waals surface area contributed by atoms with Crippen LogP contribution in [0.25, 0.3) is 5.69 Å². The molecule has 1 atom stereocenters. The monoisotopic (exact) mass is 332 g/mol. The molecule has 128 valence electrons. The summed E-state index contributed by atoms with van der Waals surface area (Å²) >= 11 is 0. The van der Waals surface area contributed by atoms with E-state index in [1.54, 1.807) is 6.92 Å². The molecule has 0 aliphatic heterocycles. The van der Waals surface area contributed by atoms with Crippen molar-refractivity contribution in [1.29, 1.82) is 0 Å². The Kier molecular flexibility index (Phi) is 6.02. The van der Waals surface area contributed by atoms with E-state index in [1.165, 1.54) is 18.8 Å². The van der Waals surface area contributed by atoms with Crippen LogP contribution in [0.4, 0.5) is 0 Å². The van der Waals surface area contributed by atoms with Crippen molar-refractivity contribution < 1.29 is 19.1 Å². The number of para-hydroxylation sites is 1. The van der Waals surface area contributed by atoms with Gasteiger partial charge in [-0.05, 0) is 26.0 Å². The molecule has 8 heteroatoms. The van der Waals surface area contributed by atoms with Gasteiger partial charge >= 0.3 is 5.97 Å². The third kappa shape index (κ3) is 4.39. The lowest BCUT2D eigenvalue weighted by Crippen LogP contribution is -2.37. The molecule has 0 aliphatic rings. The largest absolute Gasteiger partial charge is 0.448 e. The van der Waals surface area contributed by atoms with Crippen LogP contribution in [0.15, 0.2) is 30.3 Å². The fourth-order valence-corrected chi connectivity index (χ4v) is 1.93. The number of rotatable bonds is 7. The molecule has 1 aromatic carbocycles. The number of aromatic nitrogens is 3. The summed E-state index contributed by atoms with van der Waals surface area (Å²) in [6.07, 6.45) is -0.935. The maximum atomic E-state index is 12.2. The molecule has 24 heavy (non-hydrogen) atoms. The van der Waals surface area contributed by atoms with Crippen molar-refractivity contribution in [3.8, 4) is 5.69 Å². The number of amides is 1. The first-order chi connectivity index (χ1) is 11.5. The Morgan fingerprint density at radius 3 is 2.62 bits per heavy atom. The van der Waals surface area contributed by atoms with E-state index in [0.717, 1.165) is 5.69 Å². The lowest BCUT2D eigenvalue weighted by Gasteiger charge is -2.12. The fourth-order valence-electron chi connectivity index (χ4n) is 1.93. The van der Waals surface area contributed by atoms with Crippen LogP contribution >= 0.6 is 0 Å². The summed E-state index contributed by atoms with van der Waals surface area (Å²) in [6, 6.07) is 9.21. The van der Waals surface area contributed by atoms with Crippen LogP contribution in [0.1, 0.15) is 23.1 Å². The number of ether oxygens (including phenoxy) is 2. The predicted octanol–water partition coefficient (Wildman–Crippen LogP) is 0.884. The molecule has 0 spiro atoms. The average Bonchev–Trinajstić information content (AvgIpc) is 2.97. The van der Waals surface area contributed by atoms with Crippen molar-refractivity contribution in [3.63, 3.8) is 0 Å². The Morgan fingerprint density at radius 2 is 1.96 bits per heavy atom. The zero-order valence-corrected chi connectivity index (χ0v) is 13.9. The van der Waals surface area contributed by atoms with E-state index in [0.29, 0.717) is 18.8 Å². The van der Waals surface area contributed by atoms with Crippen LogP contribution in [-0.2, 0) is 14.3 Å². The minimum absolute atomic E-state index is 0.0791. The molecule has 0 radical (unpaired) electrons. The third-order valence-electron chi connectivity index (χ3n) is 3.22. The summed E-state index contributed by atoms with van der Waals surface area (Å²) in [6.45, 7) is 3.89. The molecule has 0 bridgehead atoms. The van der Waals surface area contributed by atoms with Gasteiger partial charge in [-0.15, -0.1) is 5.10 Å². The van der Waals surface area contributed by atoms with Crippen molar-refractivity contribution in [2.75, 3.05) is 20.3 Å².